The summed E-state index contributed by atoms with van der Waals surface area (Å²) in [6.45, 7) is 0. The van der Waals surface area contributed by atoms with E-state index in [2.05, 4.69) is 35.6 Å². The normalized spacial score (nSPS) is 32.5. The van der Waals surface area contributed by atoms with Crippen LogP contribution in [0.4, 0.5) is 0 Å². The molecule has 3 rings (SSSR count). The van der Waals surface area contributed by atoms with Crippen LogP contribution in [-0.4, -0.2) is 11.9 Å². The van der Waals surface area contributed by atoms with Crippen LogP contribution in [0.1, 0.15) is 24.8 Å². The number of benzene rings is 1. The van der Waals surface area contributed by atoms with Crippen LogP contribution in [0.5, 0.6) is 0 Å². The van der Waals surface area contributed by atoms with Crippen LogP contribution in [0.25, 0.3) is 0 Å². The Morgan fingerprint density at radius 3 is 2.75 bits per heavy atom. The number of hydrogen-bond acceptors (Lipinski definition) is 1. The van der Waals surface area contributed by atoms with Crippen molar-refractivity contribution in [2.45, 2.75) is 31.7 Å². The van der Waals surface area contributed by atoms with Crippen molar-refractivity contribution in [3.05, 3.63) is 35.9 Å². The first-order valence-corrected chi connectivity index (χ1v) is 6.16. The number of carbonyl (C=O) groups excluding carboxylic acids is 1. The molecule has 2 bridgehead atoms. The zero-order valence-corrected chi connectivity index (χ0v) is 9.36. The Balaban J connectivity index is 1.75. The second kappa shape index (κ2) is 3.93. The third-order valence-corrected chi connectivity index (χ3v) is 4.08. The van der Waals surface area contributed by atoms with E-state index in [9.17, 15) is 4.79 Å². The Bertz CT molecular complexity index is 371. The minimum atomic E-state index is 0.261. The molecule has 1 amide bonds. The first-order chi connectivity index (χ1) is 7.83. The molecule has 2 aliphatic rings. The van der Waals surface area contributed by atoms with Crippen LogP contribution in [0.3, 0.4) is 0 Å². The predicted octanol–water partition coefficient (Wildman–Crippen LogP) is 2.14. The van der Waals surface area contributed by atoms with E-state index < -0.39 is 0 Å². The zero-order valence-electron chi connectivity index (χ0n) is 9.36. The molecule has 3 atom stereocenters. The average molecular weight is 215 g/mol. The number of piperidine rings is 1. The van der Waals surface area contributed by atoms with E-state index in [0.29, 0.717) is 17.9 Å². The highest BCUT2D eigenvalue weighted by Crippen LogP contribution is 2.39. The van der Waals surface area contributed by atoms with Gasteiger partial charge < -0.3 is 5.32 Å². The van der Waals surface area contributed by atoms with Gasteiger partial charge >= 0.3 is 0 Å². The average Bonchev–Trinajstić information content (AvgIpc) is 2.54. The molecule has 1 aromatic carbocycles. The summed E-state index contributed by atoms with van der Waals surface area (Å²) in [5.41, 5.74) is 1.40. The highest BCUT2D eigenvalue weighted by molar-refractivity contribution is 5.77. The Kier molecular flexibility index (Phi) is 2.43. The van der Waals surface area contributed by atoms with Gasteiger partial charge in [0, 0.05) is 12.5 Å². The van der Waals surface area contributed by atoms with Crippen LogP contribution in [0.2, 0.25) is 0 Å². The van der Waals surface area contributed by atoms with Gasteiger partial charge in [-0.25, -0.2) is 0 Å². The van der Waals surface area contributed by atoms with E-state index in [4.69, 9.17) is 0 Å². The standard InChI is InChI=1S/C14H17NO/c16-14-9-11-6-7-13(15-14)12(11)8-10-4-2-1-3-5-10/h1-5,11-13H,6-9H2,(H,15,16). The van der Waals surface area contributed by atoms with Crippen molar-refractivity contribution < 1.29 is 4.79 Å². The molecule has 1 saturated carbocycles. The van der Waals surface area contributed by atoms with Crippen molar-refractivity contribution in [2.75, 3.05) is 0 Å². The van der Waals surface area contributed by atoms with Crippen LogP contribution in [0.15, 0.2) is 30.3 Å². The summed E-state index contributed by atoms with van der Waals surface area (Å²) in [6.07, 6.45) is 4.26. The highest BCUT2D eigenvalue weighted by Gasteiger charge is 2.41. The van der Waals surface area contributed by atoms with Crippen LogP contribution in [0, 0.1) is 11.8 Å². The molecular formula is C14H17NO. The molecular weight excluding hydrogens is 198 g/mol. The first kappa shape index (κ1) is 9.88. The highest BCUT2D eigenvalue weighted by atomic mass is 16.1. The maximum Gasteiger partial charge on any atom is 0.220 e. The Morgan fingerprint density at radius 1 is 1.19 bits per heavy atom. The Labute approximate surface area is 96.1 Å². The van der Waals surface area contributed by atoms with E-state index in [-0.39, 0.29) is 5.91 Å². The predicted molar refractivity (Wildman–Crippen MR) is 62.9 cm³/mol. The fourth-order valence-corrected chi connectivity index (χ4v) is 3.28. The smallest absolute Gasteiger partial charge is 0.220 e. The third-order valence-electron chi connectivity index (χ3n) is 4.08. The zero-order chi connectivity index (χ0) is 11.0. The molecule has 0 aromatic heterocycles. The third kappa shape index (κ3) is 1.73. The fraction of sp³-hybridized carbons (Fsp3) is 0.500. The van der Waals surface area contributed by atoms with E-state index in [1.807, 2.05) is 0 Å². The molecule has 2 heteroatoms. The molecule has 3 unspecified atom stereocenters. The summed E-state index contributed by atoms with van der Waals surface area (Å²) in [5.74, 6) is 1.55. The number of nitrogens with one attached hydrogen (secondary N) is 1. The monoisotopic (exact) mass is 215 g/mol. The van der Waals surface area contributed by atoms with E-state index >= 15 is 0 Å². The fourth-order valence-electron chi connectivity index (χ4n) is 3.28. The minimum absolute atomic E-state index is 0.261. The van der Waals surface area contributed by atoms with Crippen molar-refractivity contribution in [3.8, 4) is 0 Å². The van der Waals surface area contributed by atoms with Crippen LogP contribution < -0.4 is 5.32 Å². The number of fused-ring (bicyclic) bond motifs is 2. The molecule has 2 fully saturated rings. The van der Waals surface area contributed by atoms with Crippen molar-refractivity contribution in [2.24, 2.45) is 11.8 Å². The van der Waals surface area contributed by atoms with E-state index in [1.54, 1.807) is 0 Å². The lowest BCUT2D eigenvalue weighted by atomic mass is 9.83. The molecule has 1 saturated heterocycles. The van der Waals surface area contributed by atoms with E-state index in [1.165, 1.54) is 18.4 Å². The summed E-state index contributed by atoms with van der Waals surface area (Å²) in [5, 5.41) is 3.14. The molecule has 84 valence electrons. The van der Waals surface area contributed by atoms with Gasteiger partial charge in [0.1, 0.15) is 0 Å². The summed E-state index contributed by atoms with van der Waals surface area (Å²) < 4.78 is 0. The molecule has 1 N–H and O–H groups in total. The first-order valence-electron chi connectivity index (χ1n) is 6.16. The molecule has 0 spiro atoms. The lowest BCUT2D eigenvalue weighted by Crippen LogP contribution is -2.44. The van der Waals surface area contributed by atoms with Gasteiger partial charge in [-0.2, -0.15) is 0 Å². The van der Waals surface area contributed by atoms with Crippen LogP contribution >= 0.6 is 0 Å². The molecule has 1 aliphatic carbocycles. The second-order valence-electron chi connectivity index (χ2n) is 5.07. The SMILES string of the molecule is O=C1CC2CCC(N1)C2Cc1ccccc1. The largest absolute Gasteiger partial charge is 0.353 e. The number of hydrogen-bond donors (Lipinski definition) is 1. The van der Waals surface area contributed by atoms with Gasteiger partial charge in [0.2, 0.25) is 5.91 Å². The maximum atomic E-state index is 11.4. The lowest BCUT2D eigenvalue weighted by molar-refractivity contribution is -0.124. The van der Waals surface area contributed by atoms with Crippen molar-refractivity contribution in [3.63, 3.8) is 0 Å². The number of carbonyl (C=O) groups is 1. The van der Waals surface area contributed by atoms with Gasteiger partial charge in [0.15, 0.2) is 0 Å². The van der Waals surface area contributed by atoms with Gasteiger partial charge in [0.05, 0.1) is 0 Å². The van der Waals surface area contributed by atoms with Gasteiger partial charge in [-0.3, -0.25) is 4.79 Å². The van der Waals surface area contributed by atoms with Gasteiger partial charge in [-0.05, 0) is 36.7 Å². The van der Waals surface area contributed by atoms with Gasteiger partial charge in [-0.15, -0.1) is 0 Å². The topological polar surface area (TPSA) is 29.1 Å². The quantitative estimate of drug-likeness (QED) is 0.804. The molecule has 2 nitrogen and oxygen atoms in total. The molecule has 1 aromatic rings. The Morgan fingerprint density at radius 2 is 2.00 bits per heavy atom. The van der Waals surface area contributed by atoms with E-state index in [0.717, 1.165) is 12.8 Å². The lowest BCUT2D eigenvalue weighted by Gasteiger charge is -2.30. The molecule has 16 heavy (non-hydrogen) atoms. The van der Waals surface area contributed by atoms with Gasteiger partial charge in [0.25, 0.3) is 0 Å². The molecule has 0 radical (unpaired) electrons. The summed E-state index contributed by atoms with van der Waals surface area (Å²) in [6, 6.07) is 11.1. The van der Waals surface area contributed by atoms with Crippen molar-refractivity contribution in [1.82, 2.24) is 5.32 Å². The van der Waals surface area contributed by atoms with Crippen molar-refractivity contribution >= 4 is 5.91 Å². The maximum absolute atomic E-state index is 11.4. The Hall–Kier alpha value is -1.31. The van der Waals surface area contributed by atoms with Gasteiger partial charge in [-0.1, -0.05) is 30.3 Å². The summed E-state index contributed by atoms with van der Waals surface area (Å²) in [4.78, 5) is 11.4. The summed E-state index contributed by atoms with van der Waals surface area (Å²) >= 11 is 0. The number of rotatable bonds is 2. The summed E-state index contributed by atoms with van der Waals surface area (Å²) in [7, 11) is 0. The second-order valence-corrected chi connectivity index (χ2v) is 5.07. The van der Waals surface area contributed by atoms with Crippen LogP contribution in [-0.2, 0) is 11.2 Å². The number of amides is 1. The molecule has 1 aliphatic heterocycles. The minimum Gasteiger partial charge on any atom is -0.353 e. The van der Waals surface area contributed by atoms with Crippen molar-refractivity contribution in [1.29, 1.82) is 0 Å². The molecule has 1 heterocycles.